The van der Waals surface area contributed by atoms with Gasteiger partial charge in [0.2, 0.25) is 0 Å². The van der Waals surface area contributed by atoms with Crippen molar-refractivity contribution >= 4 is 29.0 Å². The fourth-order valence-corrected chi connectivity index (χ4v) is 4.34. The molecule has 0 saturated carbocycles. The number of aryl methyl sites for hydroxylation is 1. The second-order valence-corrected chi connectivity index (χ2v) is 8.84. The topological polar surface area (TPSA) is 71.4 Å². The van der Waals surface area contributed by atoms with Crippen LogP contribution in [0.4, 0.5) is 16.2 Å². The summed E-state index contributed by atoms with van der Waals surface area (Å²) in [5.74, 6) is 0.778. The lowest BCUT2D eigenvalue weighted by Gasteiger charge is -2.32. The summed E-state index contributed by atoms with van der Waals surface area (Å²) in [6, 6.07) is 14.8. The van der Waals surface area contributed by atoms with E-state index in [1.807, 2.05) is 31.3 Å². The summed E-state index contributed by atoms with van der Waals surface area (Å²) in [7, 11) is 4.09. The van der Waals surface area contributed by atoms with Gasteiger partial charge in [-0.05, 0) is 81.4 Å². The molecule has 3 aromatic rings. The molecule has 0 unspecified atom stereocenters. The van der Waals surface area contributed by atoms with Crippen molar-refractivity contribution in [2.24, 2.45) is 7.05 Å². The van der Waals surface area contributed by atoms with Crippen LogP contribution in [0.1, 0.15) is 25.7 Å². The molecule has 0 radical (unpaired) electrons. The smallest absolute Gasteiger partial charge is 0.323 e. The summed E-state index contributed by atoms with van der Waals surface area (Å²) >= 11 is 5.91. The van der Waals surface area contributed by atoms with Crippen molar-refractivity contribution in [3.05, 3.63) is 59.8 Å². The number of anilines is 2. The van der Waals surface area contributed by atoms with Crippen LogP contribution in [0, 0.1) is 0 Å². The molecule has 2 aromatic carbocycles. The van der Waals surface area contributed by atoms with Gasteiger partial charge in [0, 0.05) is 41.2 Å². The van der Waals surface area contributed by atoms with Crippen molar-refractivity contribution in [1.29, 1.82) is 0 Å². The number of hydrogen-bond donors (Lipinski definition) is 2. The van der Waals surface area contributed by atoms with Gasteiger partial charge in [-0.15, -0.1) is 0 Å². The van der Waals surface area contributed by atoms with Gasteiger partial charge in [0.1, 0.15) is 5.75 Å². The molecule has 2 amide bonds. The molecule has 2 heterocycles. The van der Waals surface area contributed by atoms with Crippen molar-refractivity contribution in [2.45, 2.75) is 31.7 Å². The van der Waals surface area contributed by atoms with Crippen molar-refractivity contribution in [3.63, 3.8) is 0 Å². The molecule has 1 aliphatic rings. The Labute approximate surface area is 199 Å². The minimum Gasteiger partial charge on any atom is -0.493 e. The van der Waals surface area contributed by atoms with Crippen LogP contribution in [0.2, 0.25) is 5.02 Å². The normalized spacial score (nSPS) is 16.4. The zero-order valence-corrected chi connectivity index (χ0v) is 19.8. The molecule has 1 aromatic heterocycles. The summed E-state index contributed by atoms with van der Waals surface area (Å²) < 4.78 is 8.03. The van der Waals surface area contributed by atoms with E-state index in [1.165, 1.54) is 19.3 Å². The van der Waals surface area contributed by atoms with Crippen LogP contribution in [0.5, 0.6) is 5.75 Å². The lowest BCUT2D eigenvalue weighted by Crippen LogP contribution is -2.37. The van der Waals surface area contributed by atoms with Gasteiger partial charge in [-0.2, -0.15) is 5.10 Å². The van der Waals surface area contributed by atoms with Gasteiger partial charge in [0.05, 0.1) is 12.3 Å². The molecule has 2 N–H and O–H groups in total. The maximum Gasteiger partial charge on any atom is 0.323 e. The summed E-state index contributed by atoms with van der Waals surface area (Å²) in [5, 5.41) is 10.6. The van der Waals surface area contributed by atoms with Gasteiger partial charge in [0.15, 0.2) is 0 Å². The Morgan fingerprint density at radius 3 is 2.58 bits per heavy atom. The molecule has 174 valence electrons. The van der Waals surface area contributed by atoms with Crippen LogP contribution in [0.3, 0.4) is 0 Å². The summed E-state index contributed by atoms with van der Waals surface area (Å²) in [5.41, 5.74) is 3.13. The highest BCUT2D eigenvalue weighted by Gasteiger charge is 2.19. The SMILES string of the molecule is CN1CCCC[C@@H]1CCOc1ccc(NC(=O)Nc2ccc(Cl)cc2)cc1-c1ccnn1C. The molecular weight excluding hydrogens is 438 g/mol. The van der Waals surface area contributed by atoms with Crippen molar-refractivity contribution in [3.8, 4) is 17.0 Å². The predicted molar refractivity (Wildman–Crippen MR) is 133 cm³/mol. The number of carbonyl (C=O) groups is 1. The molecular formula is C25H30ClN5O2. The Kier molecular flexibility index (Phi) is 7.52. The summed E-state index contributed by atoms with van der Waals surface area (Å²) in [6.07, 6.45) is 6.53. The van der Waals surface area contributed by atoms with Crippen molar-refractivity contribution in [1.82, 2.24) is 14.7 Å². The lowest BCUT2D eigenvalue weighted by molar-refractivity contribution is 0.153. The predicted octanol–water partition coefficient (Wildman–Crippen LogP) is 5.64. The summed E-state index contributed by atoms with van der Waals surface area (Å²) in [6.45, 7) is 1.80. The number of urea groups is 1. The number of likely N-dealkylation sites (tertiary alicyclic amines) is 1. The minimum absolute atomic E-state index is 0.331. The number of carbonyl (C=O) groups excluding carboxylic acids is 1. The molecule has 1 atom stereocenters. The Balaban J connectivity index is 1.46. The molecule has 4 rings (SSSR count). The average molecular weight is 468 g/mol. The first-order valence-electron chi connectivity index (χ1n) is 11.3. The fraction of sp³-hybridized carbons (Fsp3) is 0.360. The molecule has 33 heavy (non-hydrogen) atoms. The van der Waals surface area contributed by atoms with Gasteiger partial charge >= 0.3 is 6.03 Å². The monoisotopic (exact) mass is 467 g/mol. The number of nitrogens with one attached hydrogen (secondary N) is 2. The van der Waals surface area contributed by atoms with E-state index in [0.717, 1.165) is 30.0 Å². The maximum absolute atomic E-state index is 12.5. The standard InChI is InChI=1S/C25H30ClN5O2/c1-30-15-4-3-5-21(30)13-16-33-24-11-10-20(17-22(24)23-12-14-27-31(23)2)29-25(32)28-19-8-6-18(26)7-9-19/h6-12,14,17,21H,3-5,13,15-16H2,1-2H3,(H2,28,29,32)/t21-/m1/s1. The molecule has 0 spiro atoms. The van der Waals surface area contributed by atoms with Gasteiger partial charge < -0.3 is 20.3 Å². The first-order valence-corrected chi connectivity index (χ1v) is 11.7. The number of aromatic nitrogens is 2. The minimum atomic E-state index is -0.331. The largest absolute Gasteiger partial charge is 0.493 e. The number of ether oxygens (including phenoxy) is 1. The number of piperidine rings is 1. The van der Waals surface area contributed by atoms with Crippen LogP contribution in [-0.4, -0.2) is 47.0 Å². The first kappa shape index (κ1) is 23.1. The number of benzene rings is 2. The highest BCUT2D eigenvalue weighted by atomic mass is 35.5. The van der Waals surface area contributed by atoms with Crippen molar-refractivity contribution in [2.75, 3.05) is 30.8 Å². The lowest BCUT2D eigenvalue weighted by atomic mass is 10.0. The molecule has 1 aliphatic heterocycles. The van der Waals surface area contributed by atoms with E-state index in [1.54, 1.807) is 35.1 Å². The second kappa shape index (κ2) is 10.7. The van der Waals surface area contributed by atoms with Crippen LogP contribution >= 0.6 is 11.6 Å². The first-order chi connectivity index (χ1) is 16.0. The number of amides is 2. The average Bonchev–Trinajstić information content (AvgIpc) is 3.23. The van der Waals surface area contributed by atoms with E-state index in [4.69, 9.17) is 16.3 Å². The molecule has 0 aliphatic carbocycles. The zero-order valence-electron chi connectivity index (χ0n) is 19.1. The Hall–Kier alpha value is -3.03. The molecule has 1 fully saturated rings. The third kappa shape index (κ3) is 6.06. The molecule has 0 bridgehead atoms. The van der Waals surface area contributed by atoms with Crippen LogP contribution in [-0.2, 0) is 7.05 Å². The van der Waals surface area contributed by atoms with Crippen molar-refractivity contribution < 1.29 is 9.53 Å². The molecule has 1 saturated heterocycles. The van der Waals surface area contributed by atoms with E-state index in [-0.39, 0.29) is 6.03 Å². The number of halogens is 1. The Morgan fingerprint density at radius 2 is 1.85 bits per heavy atom. The summed E-state index contributed by atoms with van der Waals surface area (Å²) in [4.78, 5) is 14.9. The van der Waals surface area contributed by atoms with Crippen LogP contribution in [0.25, 0.3) is 11.3 Å². The van der Waals surface area contributed by atoms with E-state index < -0.39 is 0 Å². The molecule has 8 heteroatoms. The van der Waals surface area contributed by atoms with E-state index in [9.17, 15) is 4.79 Å². The van der Waals surface area contributed by atoms with Crippen LogP contribution in [0.15, 0.2) is 54.7 Å². The van der Waals surface area contributed by atoms with E-state index >= 15 is 0 Å². The number of nitrogens with zero attached hydrogens (tertiary/aromatic N) is 3. The van der Waals surface area contributed by atoms with E-state index in [0.29, 0.717) is 29.0 Å². The number of rotatable bonds is 7. The Morgan fingerprint density at radius 1 is 1.09 bits per heavy atom. The van der Waals surface area contributed by atoms with Gasteiger partial charge in [-0.25, -0.2) is 4.79 Å². The highest BCUT2D eigenvalue weighted by Crippen LogP contribution is 2.33. The quantitative estimate of drug-likeness (QED) is 0.471. The number of hydrogen-bond acceptors (Lipinski definition) is 4. The van der Waals surface area contributed by atoms with E-state index in [2.05, 4.69) is 27.7 Å². The van der Waals surface area contributed by atoms with Gasteiger partial charge in [-0.1, -0.05) is 18.0 Å². The second-order valence-electron chi connectivity index (χ2n) is 8.40. The molecule has 7 nitrogen and oxygen atoms in total. The maximum atomic E-state index is 12.5. The van der Waals surface area contributed by atoms with Crippen LogP contribution < -0.4 is 15.4 Å². The third-order valence-electron chi connectivity index (χ3n) is 6.07. The third-order valence-corrected chi connectivity index (χ3v) is 6.32. The van der Waals surface area contributed by atoms with Gasteiger partial charge in [0.25, 0.3) is 0 Å². The zero-order chi connectivity index (χ0) is 23.2. The highest BCUT2D eigenvalue weighted by molar-refractivity contribution is 6.30. The Bertz CT molecular complexity index is 1080. The fourth-order valence-electron chi connectivity index (χ4n) is 4.21. The van der Waals surface area contributed by atoms with Gasteiger partial charge in [-0.3, -0.25) is 4.68 Å².